The van der Waals surface area contributed by atoms with E-state index in [2.05, 4.69) is 33.8 Å². The van der Waals surface area contributed by atoms with Crippen molar-refractivity contribution in [3.8, 4) is 0 Å². The van der Waals surface area contributed by atoms with Gasteiger partial charge in [-0.1, -0.05) is 58.0 Å². The molecule has 0 aromatic heterocycles. The molecule has 3 heteroatoms. The first-order valence-electron chi connectivity index (χ1n) is 8.81. The lowest BCUT2D eigenvalue weighted by molar-refractivity contribution is 0.0696. The molecule has 0 heterocycles. The second-order valence-electron chi connectivity index (χ2n) is 8.33. The van der Waals surface area contributed by atoms with Crippen molar-refractivity contribution in [3.63, 3.8) is 0 Å². The van der Waals surface area contributed by atoms with Gasteiger partial charge in [-0.2, -0.15) is 0 Å². The van der Waals surface area contributed by atoms with Crippen LogP contribution in [-0.2, 0) is 10.8 Å². The number of carbonyl (C=O) groups excluding carboxylic acids is 1. The lowest BCUT2D eigenvalue weighted by atomic mass is 9.82. The zero-order chi connectivity index (χ0) is 19.1. The van der Waals surface area contributed by atoms with E-state index in [1.807, 2.05) is 12.1 Å². The summed E-state index contributed by atoms with van der Waals surface area (Å²) in [6.45, 7) is 8.97. The minimum Gasteiger partial charge on any atom is -0.478 e. The van der Waals surface area contributed by atoms with Crippen molar-refractivity contribution in [2.45, 2.75) is 44.9 Å². The van der Waals surface area contributed by atoms with Gasteiger partial charge < -0.3 is 5.11 Å². The average Bonchev–Trinajstić information content (AvgIpc) is 2.77. The second kappa shape index (κ2) is 6.24. The van der Waals surface area contributed by atoms with Gasteiger partial charge in [0.2, 0.25) is 0 Å². The summed E-state index contributed by atoms with van der Waals surface area (Å²) in [5.74, 6) is -1.00. The van der Waals surface area contributed by atoms with Gasteiger partial charge in [-0.25, -0.2) is 4.79 Å². The molecule has 2 aromatic carbocycles. The SMILES string of the molecule is CC1(C)CC(C)(C)c2cc(C(=O)/C=C/c3ccc(C(=O)O)cc3)ccc21. The van der Waals surface area contributed by atoms with Crippen LogP contribution in [0, 0.1) is 0 Å². The number of benzene rings is 2. The molecule has 1 aliphatic carbocycles. The summed E-state index contributed by atoms with van der Waals surface area (Å²) >= 11 is 0. The molecule has 0 amide bonds. The summed E-state index contributed by atoms with van der Waals surface area (Å²) in [5.41, 5.74) is 4.49. The fourth-order valence-corrected chi connectivity index (χ4v) is 4.15. The van der Waals surface area contributed by atoms with Crippen molar-refractivity contribution < 1.29 is 14.7 Å². The van der Waals surface area contributed by atoms with E-state index in [1.54, 1.807) is 24.3 Å². The van der Waals surface area contributed by atoms with Crippen molar-refractivity contribution in [1.29, 1.82) is 0 Å². The maximum atomic E-state index is 12.6. The minimum atomic E-state index is -0.958. The highest BCUT2D eigenvalue weighted by Gasteiger charge is 2.41. The molecule has 3 rings (SSSR count). The maximum absolute atomic E-state index is 12.6. The van der Waals surface area contributed by atoms with Crippen molar-refractivity contribution in [2.24, 2.45) is 0 Å². The third kappa shape index (κ3) is 3.34. The number of carboxylic acid groups (broad SMARTS) is 1. The van der Waals surface area contributed by atoms with Crippen LogP contribution in [0.1, 0.15) is 71.5 Å². The Hall–Kier alpha value is -2.68. The van der Waals surface area contributed by atoms with Crippen LogP contribution in [0.2, 0.25) is 0 Å². The number of ketones is 1. The van der Waals surface area contributed by atoms with E-state index in [1.165, 1.54) is 23.3 Å². The van der Waals surface area contributed by atoms with Crippen LogP contribution in [0.4, 0.5) is 0 Å². The summed E-state index contributed by atoms with van der Waals surface area (Å²) in [5, 5.41) is 8.93. The van der Waals surface area contributed by atoms with E-state index < -0.39 is 5.97 Å². The highest BCUT2D eigenvalue weighted by atomic mass is 16.4. The predicted molar refractivity (Wildman–Crippen MR) is 104 cm³/mol. The van der Waals surface area contributed by atoms with E-state index in [0.717, 1.165) is 12.0 Å². The lowest BCUT2D eigenvalue weighted by Crippen LogP contribution is -2.18. The Bertz CT molecular complexity index is 900. The fraction of sp³-hybridized carbons (Fsp3) is 0.304. The third-order valence-electron chi connectivity index (χ3n) is 5.23. The number of rotatable bonds is 4. The van der Waals surface area contributed by atoms with Crippen LogP contribution < -0.4 is 0 Å². The first-order chi connectivity index (χ1) is 12.1. The average molecular weight is 348 g/mol. The molecule has 0 aliphatic heterocycles. The largest absolute Gasteiger partial charge is 0.478 e. The zero-order valence-corrected chi connectivity index (χ0v) is 15.7. The van der Waals surface area contributed by atoms with Crippen LogP contribution in [0.3, 0.4) is 0 Å². The Balaban J connectivity index is 1.84. The Morgan fingerprint density at radius 1 is 0.885 bits per heavy atom. The molecule has 0 unspecified atom stereocenters. The second-order valence-corrected chi connectivity index (χ2v) is 8.33. The Morgan fingerprint density at radius 3 is 2.08 bits per heavy atom. The highest BCUT2D eigenvalue weighted by molar-refractivity contribution is 6.07. The van der Waals surface area contributed by atoms with Gasteiger partial charge in [0.05, 0.1) is 5.56 Å². The van der Waals surface area contributed by atoms with Crippen molar-refractivity contribution in [2.75, 3.05) is 0 Å². The number of allylic oxidation sites excluding steroid dienone is 1. The van der Waals surface area contributed by atoms with Gasteiger partial charge in [-0.15, -0.1) is 0 Å². The van der Waals surface area contributed by atoms with Gasteiger partial charge in [0.25, 0.3) is 0 Å². The number of hydrogen-bond acceptors (Lipinski definition) is 2. The molecule has 0 bridgehead atoms. The fourth-order valence-electron chi connectivity index (χ4n) is 4.15. The van der Waals surface area contributed by atoms with Gasteiger partial charge in [0.1, 0.15) is 0 Å². The summed E-state index contributed by atoms with van der Waals surface area (Å²) in [4.78, 5) is 23.5. The van der Waals surface area contributed by atoms with E-state index in [0.29, 0.717) is 5.56 Å². The maximum Gasteiger partial charge on any atom is 0.335 e. The molecule has 26 heavy (non-hydrogen) atoms. The van der Waals surface area contributed by atoms with E-state index >= 15 is 0 Å². The smallest absolute Gasteiger partial charge is 0.335 e. The molecule has 1 aliphatic rings. The van der Waals surface area contributed by atoms with Crippen LogP contribution in [-0.4, -0.2) is 16.9 Å². The number of hydrogen-bond donors (Lipinski definition) is 1. The first kappa shape index (κ1) is 18.1. The van der Waals surface area contributed by atoms with Gasteiger partial charge in [0, 0.05) is 5.56 Å². The number of fused-ring (bicyclic) bond motifs is 1. The van der Waals surface area contributed by atoms with E-state index in [4.69, 9.17) is 5.11 Å². The van der Waals surface area contributed by atoms with Gasteiger partial charge in [-0.05, 0) is 58.2 Å². The Morgan fingerprint density at radius 2 is 1.46 bits per heavy atom. The molecule has 0 fully saturated rings. The van der Waals surface area contributed by atoms with Gasteiger partial charge in [0.15, 0.2) is 5.78 Å². The summed E-state index contributed by atoms with van der Waals surface area (Å²) in [7, 11) is 0. The summed E-state index contributed by atoms with van der Waals surface area (Å²) < 4.78 is 0. The number of aromatic carboxylic acids is 1. The normalized spacial score (nSPS) is 17.2. The van der Waals surface area contributed by atoms with Crippen LogP contribution >= 0.6 is 0 Å². The molecule has 1 N–H and O–H groups in total. The molecule has 2 aromatic rings. The molecule has 0 spiro atoms. The van der Waals surface area contributed by atoms with Crippen molar-refractivity contribution >= 4 is 17.8 Å². The minimum absolute atomic E-state index is 0.0457. The van der Waals surface area contributed by atoms with Gasteiger partial charge >= 0.3 is 5.97 Å². The molecule has 3 nitrogen and oxygen atoms in total. The van der Waals surface area contributed by atoms with E-state index in [9.17, 15) is 9.59 Å². The Kier molecular flexibility index (Phi) is 4.35. The molecule has 134 valence electrons. The lowest BCUT2D eigenvalue weighted by Gasteiger charge is -2.22. The third-order valence-corrected chi connectivity index (χ3v) is 5.23. The highest BCUT2D eigenvalue weighted by Crippen LogP contribution is 2.49. The molecule has 0 saturated carbocycles. The Labute approximate surface area is 154 Å². The van der Waals surface area contributed by atoms with E-state index in [-0.39, 0.29) is 22.2 Å². The topological polar surface area (TPSA) is 54.4 Å². The van der Waals surface area contributed by atoms with Crippen LogP contribution in [0.25, 0.3) is 6.08 Å². The first-order valence-corrected chi connectivity index (χ1v) is 8.81. The molecule has 0 radical (unpaired) electrons. The molecule has 0 atom stereocenters. The molecule has 0 saturated heterocycles. The number of carboxylic acids is 1. The quantitative estimate of drug-likeness (QED) is 0.607. The monoisotopic (exact) mass is 348 g/mol. The molecular formula is C23H24O3. The summed E-state index contributed by atoms with van der Waals surface area (Å²) in [6.07, 6.45) is 4.33. The van der Waals surface area contributed by atoms with Crippen LogP contribution in [0.15, 0.2) is 48.5 Å². The summed E-state index contributed by atoms with van der Waals surface area (Å²) in [6, 6.07) is 12.5. The molecular weight excluding hydrogens is 324 g/mol. The van der Waals surface area contributed by atoms with Gasteiger partial charge in [-0.3, -0.25) is 4.79 Å². The van der Waals surface area contributed by atoms with Crippen molar-refractivity contribution in [1.82, 2.24) is 0 Å². The van der Waals surface area contributed by atoms with Crippen molar-refractivity contribution in [3.05, 3.63) is 76.4 Å². The van der Waals surface area contributed by atoms with Crippen LogP contribution in [0.5, 0.6) is 0 Å². The predicted octanol–water partition coefficient (Wildman–Crippen LogP) is 5.24. The zero-order valence-electron chi connectivity index (χ0n) is 15.7. The standard InChI is InChI=1S/C23H24O3/c1-22(2)14-23(3,4)19-13-17(10-11-18(19)22)20(24)12-7-15-5-8-16(9-6-15)21(25)26/h5-13H,14H2,1-4H3,(H,25,26)/b12-7+. The number of carbonyl (C=O) groups is 2.